The lowest BCUT2D eigenvalue weighted by molar-refractivity contribution is -0.122. The van der Waals surface area contributed by atoms with Crippen molar-refractivity contribution in [2.75, 3.05) is 18.1 Å². The lowest BCUT2D eigenvalue weighted by atomic mass is 10.1. The fourth-order valence-corrected chi connectivity index (χ4v) is 1.59. The summed E-state index contributed by atoms with van der Waals surface area (Å²) < 4.78 is 5.26. The molecule has 0 atom stereocenters. The molecule has 0 spiro atoms. The predicted octanol–water partition coefficient (Wildman–Crippen LogP) is 0.919. The van der Waals surface area contributed by atoms with Crippen molar-refractivity contribution >= 4 is 17.9 Å². The van der Waals surface area contributed by atoms with Gasteiger partial charge in [0.1, 0.15) is 12.0 Å². The molecule has 0 bridgehead atoms. The van der Waals surface area contributed by atoms with Crippen molar-refractivity contribution in [2.24, 2.45) is 0 Å². The van der Waals surface area contributed by atoms with Gasteiger partial charge >= 0.3 is 0 Å². The molecule has 0 unspecified atom stereocenters. The van der Waals surface area contributed by atoms with Crippen molar-refractivity contribution in [2.45, 2.75) is 6.92 Å². The topological polar surface area (TPSA) is 46.6 Å². The lowest BCUT2D eigenvalue weighted by Gasteiger charge is -2.27. The van der Waals surface area contributed by atoms with Crippen molar-refractivity contribution < 1.29 is 14.3 Å². The number of carbonyl (C=O) groups excluding carboxylic acids is 2. The molecule has 78 valence electrons. The van der Waals surface area contributed by atoms with E-state index in [0.29, 0.717) is 11.4 Å². The van der Waals surface area contributed by atoms with Crippen LogP contribution in [0.3, 0.4) is 0 Å². The maximum absolute atomic E-state index is 11.5. The van der Waals surface area contributed by atoms with E-state index in [1.54, 1.807) is 0 Å². The number of anilines is 1. The molecule has 0 fully saturated rings. The van der Waals surface area contributed by atoms with E-state index in [2.05, 4.69) is 0 Å². The van der Waals surface area contributed by atoms with Gasteiger partial charge in [-0.3, -0.25) is 9.69 Å². The minimum Gasteiger partial charge on any atom is -0.482 e. The van der Waals surface area contributed by atoms with E-state index in [1.165, 1.54) is 4.90 Å². The Kier molecular flexibility index (Phi) is 2.41. The smallest absolute Gasteiger partial charge is 0.265 e. The first-order valence-electron chi connectivity index (χ1n) is 4.70. The molecule has 1 aliphatic heterocycles. The first-order valence-corrected chi connectivity index (χ1v) is 4.70. The highest BCUT2D eigenvalue weighted by molar-refractivity contribution is 5.99. The molecule has 1 aliphatic rings. The molecule has 0 aliphatic carbocycles. The van der Waals surface area contributed by atoms with Crippen LogP contribution >= 0.6 is 0 Å². The number of ether oxygens (including phenoxy) is 1. The van der Waals surface area contributed by atoms with Crippen molar-refractivity contribution in [3.05, 3.63) is 23.8 Å². The molecule has 2 rings (SSSR count). The van der Waals surface area contributed by atoms with E-state index in [4.69, 9.17) is 4.74 Å². The zero-order valence-corrected chi connectivity index (χ0v) is 8.40. The maximum atomic E-state index is 11.5. The number of aryl methyl sites for hydroxylation is 1. The number of fused-ring (bicyclic) bond motifs is 1. The van der Waals surface area contributed by atoms with Crippen LogP contribution < -0.4 is 9.64 Å². The van der Waals surface area contributed by atoms with Gasteiger partial charge in [0.25, 0.3) is 5.91 Å². The van der Waals surface area contributed by atoms with Gasteiger partial charge in [-0.25, -0.2) is 0 Å². The quantitative estimate of drug-likeness (QED) is 0.674. The van der Waals surface area contributed by atoms with Crippen LogP contribution in [0.2, 0.25) is 0 Å². The van der Waals surface area contributed by atoms with Gasteiger partial charge < -0.3 is 9.53 Å². The summed E-state index contributed by atoms with van der Waals surface area (Å²) in [6.07, 6.45) is 0.718. The van der Waals surface area contributed by atoms with Gasteiger partial charge in [-0.2, -0.15) is 0 Å². The monoisotopic (exact) mass is 205 g/mol. The molecule has 4 nitrogen and oxygen atoms in total. The predicted molar refractivity (Wildman–Crippen MR) is 55.1 cm³/mol. The molecule has 0 N–H and O–H groups in total. The molecule has 0 saturated heterocycles. The summed E-state index contributed by atoms with van der Waals surface area (Å²) in [7, 11) is 0. The highest BCUT2D eigenvalue weighted by atomic mass is 16.5. The van der Waals surface area contributed by atoms with E-state index >= 15 is 0 Å². The Morgan fingerprint density at radius 3 is 3.07 bits per heavy atom. The number of amides is 1. The largest absolute Gasteiger partial charge is 0.482 e. The van der Waals surface area contributed by atoms with Crippen LogP contribution in [0.15, 0.2) is 18.2 Å². The molecular formula is C11H11NO3. The molecule has 1 aromatic carbocycles. The van der Waals surface area contributed by atoms with Gasteiger partial charge in [0.05, 0.1) is 12.2 Å². The molecule has 15 heavy (non-hydrogen) atoms. The fraction of sp³-hybridized carbons (Fsp3) is 0.273. The molecule has 1 amide bonds. The van der Waals surface area contributed by atoms with E-state index in [9.17, 15) is 9.59 Å². The summed E-state index contributed by atoms with van der Waals surface area (Å²) in [5.74, 6) is 0.474. The first kappa shape index (κ1) is 9.71. The van der Waals surface area contributed by atoms with Gasteiger partial charge in [-0.1, -0.05) is 6.07 Å². The standard InChI is InChI=1S/C11H11NO3/c1-8-2-3-10-9(6-8)12(4-5-13)11(14)7-15-10/h2-3,5-6H,4,7H2,1H3. The van der Waals surface area contributed by atoms with E-state index in [1.807, 2.05) is 25.1 Å². The minimum absolute atomic E-state index is 0.00387. The SMILES string of the molecule is Cc1ccc2c(c1)N(CC=O)C(=O)CO2. The van der Waals surface area contributed by atoms with Crippen molar-refractivity contribution in [1.29, 1.82) is 0 Å². The zero-order chi connectivity index (χ0) is 10.8. The molecule has 0 aromatic heterocycles. The Labute approximate surface area is 87.4 Å². The highest BCUT2D eigenvalue weighted by Crippen LogP contribution is 2.32. The average Bonchev–Trinajstić information content (AvgIpc) is 2.23. The molecule has 0 saturated carbocycles. The summed E-state index contributed by atoms with van der Waals surface area (Å²) in [4.78, 5) is 23.4. The Balaban J connectivity index is 2.45. The van der Waals surface area contributed by atoms with Crippen LogP contribution in [0.5, 0.6) is 5.75 Å². The second-order valence-corrected chi connectivity index (χ2v) is 3.43. The molecule has 0 radical (unpaired) electrons. The third-order valence-electron chi connectivity index (χ3n) is 2.31. The van der Waals surface area contributed by atoms with Gasteiger partial charge in [0.15, 0.2) is 6.61 Å². The normalized spacial score (nSPS) is 14.5. The van der Waals surface area contributed by atoms with Gasteiger partial charge in [0, 0.05) is 0 Å². The summed E-state index contributed by atoms with van der Waals surface area (Å²) in [5.41, 5.74) is 1.71. The second kappa shape index (κ2) is 3.73. The summed E-state index contributed by atoms with van der Waals surface area (Å²) in [6.45, 7) is 2.01. The van der Waals surface area contributed by atoms with Crippen LogP contribution in [0.4, 0.5) is 5.69 Å². The maximum Gasteiger partial charge on any atom is 0.265 e. The Hall–Kier alpha value is -1.84. The number of aldehydes is 1. The Bertz CT molecular complexity index is 414. The number of hydrogen-bond donors (Lipinski definition) is 0. The second-order valence-electron chi connectivity index (χ2n) is 3.43. The summed E-state index contributed by atoms with van der Waals surface area (Å²) in [6, 6.07) is 5.57. The minimum atomic E-state index is -0.180. The number of rotatable bonds is 2. The molecule has 1 heterocycles. The first-order chi connectivity index (χ1) is 7.22. The van der Waals surface area contributed by atoms with Crippen LogP contribution in [0, 0.1) is 6.92 Å². The number of hydrogen-bond acceptors (Lipinski definition) is 3. The lowest BCUT2D eigenvalue weighted by Crippen LogP contribution is -2.39. The molecule has 4 heteroatoms. The van der Waals surface area contributed by atoms with Crippen LogP contribution in [0.1, 0.15) is 5.56 Å². The van der Waals surface area contributed by atoms with E-state index in [0.717, 1.165) is 11.8 Å². The van der Waals surface area contributed by atoms with Gasteiger partial charge in [-0.05, 0) is 24.6 Å². The third kappa shape index (κ3) is 1.70. The van der Waals surface area contributed by atoms with E-state index in [-0.39, 0.29) is 19.1 Å². The third-order valence-corrected chi connectivity index (χ3v) is 2.31. The highest BCUT2D eigenvalue weighted by Gasteiger charge is 2.24. The zero-order valence-electron chi connectivity index (χ0n) is 8.40. The van der Waals surface area contributed by atoms with Crippen LogP contribution in [-0.4, -0.2) is 25.3 Å². The van der Waals surface area contributed by atoms with Gasteiger partial charge in [0.2, 0.25) is 0 Å². The summed E-state index contributed by atoms with van der Waals surface area (Å²) in [5, 5.41) is 0. The summed E-state index contributed by atoms with van der Waals surface area (Å²) >= 11 is 0. The van der Waals surface area contributed by atoms with Crippen molar-refractivity contribution in [3.63, 3.8) is 0 Å². The van der Waals surface area contributed by atoms with Crippen LogP contribution in [-0.2, 0) is 9.59 Å². The number of carbonyl (C=O) groups is 2. The van der Waals surface area contributed by atoms with Crippen molar-refractivity contribution in [1.82, 2.24) is 0 Å². The number of nitrogens with zero attached hydrogens (tertiary/aromatic N) is 1. The van der Waals surface area contributed by atoms with Crippen LogP contribution in [0.25, 0.3) is 0 Å². The number of benzene rings is 1. The molecular weight excluding hydrogens is 194 g/mol. The van der Waals surface area contributed by atoms with E-state index < -0.39 is 0 Å². The molecule has 1 aromatic rings. The average molecular weight is 205 g/mol. The Morgan fingerprint density at radius 1 is 1.53 bits per heavy atom. The Morgan fingerprint density at radius 2 is 2.33 bits per heavy atom. The fourth-order valence-electron chi connectivity index (χ4n) is 1.59. The van der Waals surface area contributed by atoms with Crippen molar-refractivity contribution in [3.8, 4) is 5.75 Å². The van der Waals surface area contributed by atoms with Gasteiger partial charge in [-0.15, -0.1) is 0 Å².